The Hall–Kier alpha value is -0.840. The molecule has 1 saturated heterocycles. The summed E-state index contributed by atoms with van der Waals surface area (Å²) in [6.45, 7) is 0. The van der Waals surface area contributed by atoms with Gasteiger partial charge in [0, 0.05) is 22.8 Å². The molecule has 2 rings (SSSR count). The first-order valence-corrected chi connectivity index (χ1v) is 8.08. The molecule has 116 valence electrons. The van der Waals surface area contributed by atoms with Gasteiger partial charge in [0.15, 0.2) is 0 Å². The van der Waals surface area contributed by atoms with Gasteiger partial charge in [0.1, 0.15) is 18.3 Å². The van der Waals surface area contributed by atoms with Crippen LogP contribution in [-0.2, 0) is 0 Å². The minimum Gasteiger partial charge on any atom is -0.389 e. The van der Waals surface area contributed by atoms with Crippen LogP contribution in [0.4, 0.5) is 5.69 Å². The highest BCUT2D eigenvalue weighted by molar-refractivity contribution is 8.17. The van der Waals surface area contributed by atoms with E-state index in [0.29, 0.717) is 4.90 Å². The Kier molecular flexibility index (Phi) is 5.47. The molecule has 1 aliphatic heterocycles. The van der Waals surface area contributed by atoms with Crippen molar-refractivity contribution in [2.75, 3.05) is 5.75 Å². The molecule has 7 nitrogen and oxygen atoms in total. The molecule has 0 unspecified atom stereocenters. The molecule has 9 heteroatoms. The first-order valence-electron chi connectivity index (χ1n) is 6.15. The molecule has 5 atom stereocenters. The van der Waals surface area contributed by atoms with Crippen molar-refractivity contribution in [2.24, 2.45) is 0 Å². The van der Waals surface area contributed by atoms with Crippen LogP contribution >= 0.6 is 23.5 Å². The number of hydrogen-bond acceptors (Lipinski definition) is 8. The average Bonchev–Trinajstić information content (AvgIpc) is 2.56. The highest BCUT2D eigenvalue weighted by atomic mass is 32.2. The molecule has 0 aliphatic carbocycles. The first kappa shape index (κ1) is 16.5. The summed E-state index contributed by atoms with van der Waals surface area (Å²) in [6, 6.07) is 5.83. The first-order chi connectivity index (χ1) is 9.90. The number of aliphatic hydroxyl groups is 4. The highest BCUT2D eigenvalue weighted by Crippen LogP contribution is 2.38. The molecule has 0 saturated carbocycles. The Labute approximate surface area is 129 Å². The lowest BCUT2D eigenvalue weighted by molar-refractivity contribution is -0.384. The van der Waals surface area contributed by atoms with E-state index in [1.807, 2.05) is 0 Å². The van der Waals surface area contributed by atoms with Crippen molar-refractivity contribution < 1.29 is 25.3 Å². The molecule has 1 aromatic rings. The number of benzene rings is 1. The zero-order valence-corrected chi connectivity index (χ0v) is 12.4. The molecule has 0 spiro atoms. The fourth-order valence-corrected chi connectivity index (χ4v) is 4.51. The number of hydrogen-bond donors (Lipinski definition) is 4. The predicted octanol–water partition coefficient (Wildman–Crippen LogP) is 0.203. The lowest BCUT2D eigenvalue weighted by Gasteiger charge is -2.25. The largest absolute Gasteiger partial charge is 0.389 e. The van der Waals surface area contributed by atoms with Crippen LogP contribution < -0.4 is 0 Å². The molecular formula is C12H15NO6S2. The van der Waals surface area contributed by atoms with Crippen LogP contribution in [0.3, 0.4) is 0 Å². The zero-order valence-electron chi connectivity index (χ0n) is 10.8. The third-order valence-electron chi connectivity index (χ3n) is 3.10. The van der Waals surface area contributed by atoms with Gasteiger partial charge in [-0.05, 0) is 12.1 Å². The average molecular weight is 333 g/mol. The minimum absolute atomic E-state index is 0.0284. The number of non-ortho nitro benzene ring substituents is 1. The summed E-state index contributed by atoms with van der Waals surface area (Å²) in [6.07, 6.45) is -5.16. The molecule has 0 aromatic heterocycles. The van der Waals surface area contributed by atoms with Crippen LogP contribution in [0, 0.1) is 10.1 Å². The van der Waals surface area contributed by atoms with Gasteiger partial charge in [-0.25, -0.2) is 0 Å². The summed E-state index contributed by atoms with van der Waals surface area (Å²) in [4.78, 5) is 10.8. The van der Waals surface area contributed by atoms with Gasteiger partial charge in [-0.15, -0.1) is 23.5 Å². The second-order valence-corrected chi connectivity index (χ2v) is 7.30. The number of nitro groups is 1. The molecule has 1 fully saturated rings. The Balaban J connectivity index is 2.09. The quantitative estimate of drug-likeness (QED) is 0.457. The number of aliphatic hydroxyl groups excluding tert-OH is 4. The van der Waals surface area contributed by atoms with Crippen molar-refractivity contribution >= 4 is 29.2 Å². The maximum atomic E-state index is 10.6. The van der Waals surface area contributed by atoms with E-state index in [0.717, 1.165) is 0 Å². The molecular weight excluding hydrogens is 318 g/mol. The topological polar surface area (TPSA) is 124 Å². The number of thioether (sulfide) groups is 2. The van der Waals surface area contributed by atoms with Crippen molar-refractivity contribution in [1.82, 2.24) is 0 Å². The van der Waals surface area contributed by atoms with Gasteiger partial charge in [-0.3, -0.25) is 10.1 Å². The van der Waals surface area contributed by atoms with Crippen molar-refractivity contribution in [2.45, 2.75) is 33.9 Å². The van der Waals surface area contributed by atoms with Gasteiger partial charge >= 0.3 is 0 Å². The van der Waals surface area contributed by atoms with Crippen LogP contribution in [0.2, 0.25) is 0 Å². The van der Waals surface area contributed by atoms with E-state index >= 15 is 0 Å². The van der Waals surface area contributed by atoms with Gasteiger partial charge in [0.2, 0.25) is 0 Å². The lowest BCUT2D eigenvalue weighted by Crippen LogP contribution is -2.45. The van der Waals surface area contributed by atoms with E-state index in [-0.39, 0.29) is 11.4 Å². The summed E-state index contributed by atoms with van der Waals surface area (Å²) in [5.41, 5.74) is -0.0284. The summed E-state index contributed by atoms with van der Waals surface area (Å²) >= 11 is 2.44. The number of nitrogens with zero attached hydrogens (tertiary/aromatic N) is 1. The normalized spacial score (nSPS) is 33.4. The summed E-state index contributed by atoms with van der Waals surface area (Å²) < 4.78 is -0.492. The van der Waals surface area contributed by atoms with Gasteiger partial charge in [0.05, 0.1) is 15.6 Å². The van der Waals surface area contributed by atoms with Crippen LogP contribution in [0.1, 0.15) is 0 Å². The minimum atomic E-state index is -1.44. The van der Waals surface area contributed by atoms with Crippen molar-refractivity contribution in [3.63, 3.8) is 0 Å². The maximum absolute atomic E-state index is 10.6. The Morgan fingerprint density at radius 3 is 2.29 bits per heavy atom. The van der Waals surface area contributed by atoms with Crippen molar-refractivity contribution in [1.29, 1.82) is 0 Å². The third-order valence-corrected chi connectivity index (χ3v) is 6.00. The molecule has 21 heavy (non-hydrogen) atoms. The fourth-order valence-electron chi connectivity index (χ4n) is 1.87. The second-order valence-electron chi connectivity index (χ2n) is 4.61. The monoisotopic (exact) mass is 333 g/mol. The van der Waals surface area contributed by atoms with Gasteiger partial charge in [-0.2, -0.15) is 0 Å². The van der Waals surface area contributed by atoms with Gasteiger partial charge in [-0.1, -0.05) is 0 Å². The Bertz CT molecular complexity index is 499. The molecule has 4 N–H and O–H groups in total. The summed E-state index contributed by atoms with van der Waals surface area (Å²) in [7, 11) is 0. The molecule has 1 aliphatic rings. The smallest absolute Gasteiger partial charge is 0.269 e. The third kappa shape index (κ3) is 3.87. The maximum Gasteiger partial charge on any atom is 0.269 e. The highest BCUT2D eigenvalue weighted by Gasteiger charge is 2.39. The van der Waals surface area contributed by atoms with Crippen LogP contribution in [-0.4, -0.2) is 60.1 Å². The molecule has 0 amide bonds. The van der Waals surface area contributed by atoms with E-state index in [2.05, 4.69) is 0 Å². The lowest BCUT2D eigenvalue weighted by atomic mass is 10.1. The van der Waals surface area contributed by atoms with Crippen LogP contribution in [0.15, 0.2) is 29.2 Å². The van der Waals surface area contributed by atoms with E-state index < -0.39 is 33.9 Å². The molecule has 0 bridgehead atoms. The van der Waals surface area contributed by atoms with Gasteiger partial charge < -0.3 is 20.4 Å². The van der Waals surface area contributed by atoms with Crippen LogP contribution in [0.25, 0.3) is 0 Å². The summed E-state index contributed by atoms with van der Waals surface area (Å²) in [5.74, 6) is 0.180. The molecule has 1 aromatic carbocycles. The van der Waals surface area contributed by atoms with Crippen LogP contribution in [0.5, 0.6) is 0 Å². The SMILES string of the molecule is O=[N+]([O-])c1ccc(S[C@H]2SC[C@@H](O)[C@@H](O)[C@H](O)[C@@H]2O)cc1. The Morgan fingerprint density at radius 2 is 1.71 bits per heavy atom. The molecule has 1 heterocycles. The number of rotatable bonds is 3. The number of nitro benzene ring substituents is 1. The molecule has 0 radical (unpaired) electrons. The van der Waals surface area contributed by atoms with E-state index in [9.17, 15) is 30.5 Å². The van der Waals surface area contributed by atoms with E-state index in [1.54, 1.807) is 12.1 Å². The van der Waals surface area contributed by atoms with Crippen molar-refractivity contribution in [3.8, 4) is 0 Å². The fraction of sp³-hybridized carbons (Fsp3) is 0.500. The Morgan fingerprint density at radius 1 is 1.10 bits per heavy atom. The second kappa shape index (κ2) is 6.95. The zero-order chi connectivity index (χ0) is 15.6. The summed E-state index contributed by atoms with van der Waals surface area (Å²) in [5, 5.41) is 49.6. The predicted molar refractivity (Wildman–Crippen MR) is 79.2 cm³/mol. The van der Waals surface area contributed by atoms with E-state index in [4.69, 9.17) is 0 Å². The standard InChI is InChI=1S/C12H15NO6S2/c14-8-5-20-12(11(17)10(16)9(8)15)21-7-3-1-6(2-4-7)13(18)19/h1-4,8-12,14-17H,5H2/t8-,9-,10+,11+,12-/m1/s1. The van der Waals surface area contributed by atoms with Gasteiger partial charge in [0.25, 0.3) is 5.69 Å². The van der Waals surface area contributed by atoms with E-state index in [1.165, 1.54) is 35.7 Å². The van der Waals surface area contributed by atoms with Crippen molar-refractivity contribution in [3.05, 3.63) is 34.4 Å².